The van der Waals surface area contributed by atoms with E-state index in [-0.39, 0.29) is 22.8 Å². The summed E-state index contributed by atoms with van der Waals surface area (Å²) in [7, 11) is -4.07. The van der Waals surface area contributed by atoms with E-state index in [0.717, 1.165) is 11.1 Å². The van der Waals surface area contributed by atoms with Gasteiger partial charge in [-0.25, -0.2) is 4.79 Å². The fraction of sp³-hybridized carbons (Fsp3) is 0.286. The van der Waals surface area contributed by atoms with Crippen LogP contribution in [0.3, 0.4) is 0 Å². The van der Waals surface area contributed by atoms with Crippen molar-refractivity contribution in [1.29, 1.82) is 0 Å². The Hall–Kier alpha value is -3.69. The summed E-state index contributed by atoms with van der Waals surface area (Å²) in [6.07, 6.45) is -0.486. The van der Waals surface area contributed by atoms with Gasteiger partial charge in [-0.3, -0.25) is 4.79 Å². The lowest BCUT2D eigenvalue weighted by atomic mass is 9.87. The molecule has 0 saturated heterocycles. The molecule has 0 radical (unpaired) electrons. The average molecular weight is 526 g/mol. The van der Waals surface area contributed by atoms with Gasteiger partial charge in [0.2, 0.25) is 0 Å². The van der Waals surface area contributed by atoms with Crippen LogP contribution in [0.15, 0.2) is 83.8 Å². The van der Waals surface area contributed by atoms with Crippen molar-refractivity contribution in [3.8, 4) is 5.75 Å². The predicted octanol–water partition coefficient (Wildman–Crippen LogP) is 4.39. The van der Waals surface area contributed by atoms with Crippen LogP contribution in [0.1, 0.15) is 43.9 Å². The summed E-state index contributed by atoms with van der Waals surface area (Å²) in [5, 5.41) is 0. The number of carbonyl (C=O) groups is 2. The number of nitrogens with two attached hydrogens (primary N) is 1. The van der Waals surface area contributed by atoms with E-state index in [0.29, 0.717) is 0 Å². The first-order valence-electron chi connectivity index (χ1n) is 11.6. The fourth-order valence-corrected chi connectivity index (χ4v) is 4.37. The Morgan fingerprint density at radius 2 is 1.46 bits per heavy atom. The zero-order chi connectivity index (χ0) is 27.3. The van der Waals surface area contributed by atoms with Crippen molar-refractivity contribution in [1.82, 2.24) is 0 Å². The Bertz CT molecular complexity index is 1330. The molecule has 0 saturated carbocycles. The molecule has 0 amide bonds. The summed E-state index contributed by atoms with van der Waals surface area (Å²) in [4.78, 5) is 25.8. The summed E-state index contributed by atoms with van der Waals surface area (Å²) in [6, 6.07) is 20.9. The van der Waals surface area contributed by atoms with Crippen molar-refractivity contribution in [2.24, 2.45) is 5.73 Å². The molecule has 0 aromatic heterocycles. The van der Waals surface area contributed by atoms with Crippen LogP contribution in [0.25, 0.3) is 0 Å². The van der Waals surface area contributed by atoms with E-state index in [9.17, 15) is 18.0 Å². The zero-order valence-electron chi connectivity index (χ0n) is 21.3. The Labute approximate surface area is 217 Å². The lowest BCUT2D eigenvalue weighted by molar-refractivity contribution is -0.163. The SMILES string of the molecule is Cc1ccc(S(=O)(=O)Oc2ccc(C(N)(CC(=O)OC(C)(C)C)C(=O)OCc3ccccc3)cc2)cc1. The lowest BCUT2D eigenvalue weighted by Crippen LogP contribution is -2.48. The van der Waals surface area contributed by atoms with Gasteiger partial charge in [0, 0.05) is 0 Å². The van der Waals surface area contributed by atoms with Gasteiger partial charge in [-0.05, 0) is 63.1 Å². The van der Waals surface area contributed by atoms with Crippen LogP contribution in [0, 0.1) is 6.92 Å². The Morgan fingerprint density at radius 1 is 0.865 bits per heavy atom. The molecule has 0 bridgehead atoms. The molecular formula is C28H31NO7S. The number of carbonyl (C=O) groups excluding carboxylic acids is 2. The number of rotatable bonds is 9. The molecule has 9 heteroatoms. The summed E-state index contributed by atoms with van der Waals surface area (Å²) in [6.45, 7) is 6.92. The molecule has 1 atom stereocenters. The molecule has 0 fully saturated rings. The van der Waals surface area contributed by atoms with Crippen molar-refractivity contribution in [3.05, 3.63) is 95.6 Å². The number of aryl methyl sites for hydroxylation is 1. The highest BCUT2D eigenvalue weighted by Gasteiger charge is 2.41. The van der Waals surface area contributed by atoms with E-state index >= 15 is 0 Å². The van der Waals surface area contributed by atoms with E-state index < -0.39 is 39.6 Å². The average Bonchev–Trinajstić information content (AvgIpc) is 2.82. The Kier molecular flexibility index (Phi) is 8.40. The third-order valence-corrected chi connectivity index (χ3v) is 6.57. The largest absolute Gasteiger partial charge is 0.460 e. The Balaban J connectivity index is 1.84. The summed E-state index contributed by atoms with van der Waals surface area (Å²) in [5.41, 5.74) is 5.72. The van der Waals surface area contributed by atoms with Gasteiger partial charge in [0.25, 0.3) is 0 Å². The van der Waals surface area contributed by atoms with Crippen LogP contribution in [-0.4, -0.2) is 26.0 Å². The van der Waals surface area contributed by atoms with Crippen LogP contribution in [0.4, 0.5) is 0 Å². The second kappa shape index (κ2) is 11.1. The van der Waals surface area contributed by atoms with Crippen LogP contribution in [0.2, 0.25) is 0 Å². The lowest BCUT2D eigenvalue weighted by Gasteiger charge is -2.29. The van der Waals surface area contributed by atoms with Gasteiger partial charge in [-0.2, -0.15) is 8.42 Å². The molecular weight excluding hydrogens is 494 g/mol. The number of hydrogen-bond donors (Lipinski definition) is 1. The molecule has 0 spiro atoms. The van der Waals surface area contributed by atoms with Crippen molar-refractivity contribution >= 4 is 22.1 Å². The molecule has 8 nitrogen and oxygen atoms in total. The zero-order valence-corrected chi connectivity index (χ0v) is 22.1. The van der Waals surface area contributed by atoms with Crippen molar-refractivity contribution in [2.75, 3.05) is 0 Å². The fourth-order valence-electron chi connectivity index (χ4n) is 3.44. The first-order valence-corrected chi connectivity index (χ1v) is 13.0. The molecule has 37 heavy (non-hydrogen) atoms. The van der Waals surface area contributed by atoms with Gasteiger partial charge in [-0.15, -0.1) is 0 Å². The standard InChI is InChI=1S/C28H31NO7S/c1-20-10-16-24(17-11-20)37(32,33)36-23-14-12-22(13-15-23)28(29,18-25(30)35-27(2,3)4)26(31)34-19-21-8-6-5-7-9-21/h5-17H,18-19,29H2,1-4H3. The maximum atomic E-state index is 13.2. The number of esters is 2. The summed E-state index contributed by atoms with van der Waals surface area (Å²) in [5.74, 6) is -1.50. The Morgan fingerprint density at radius 3 is 2.03 bits per heavy atom. The van der Waals surface area contributed by atoms with Crippen LogP contribution < -0.4 is 9.92 Å². The highest BCUT2D eigenvalue weighted by Crippen LogP contribution is 2.29. The first kappa shape index (κ1) is 27.9. The van der Waals surface area contributed by atoms with E-state index in [4.69, 9.17) is 19.4 Å². The smallest absolute Gasteiger partial charge is 0.339 e. The van der Waals surface area contributed by atoms with Crippen molar-refractivity contribution < 1.29 is 31.7 Å². The van der Waals surface area contributed by atoms with Crippen LogP contribution in [-0.2, 0) is 41.3 Å². The molecule has 0 aliphatic rings. The van der Waals surface area contributed by atoms with Crippen molar-refractivity contribution in [2.45, 2.75) is 56.8 Å². The number of ether oxygens (including phenoxy) is 2. The quantitative estimate of drug-likeness (QED) is 0.322. The molecule has 1 unspecified atom stereocenters. The van der Waals surface area contributed by atoms with E-state index in [1.807, 2.05) is 25.1 Å². The third-order valence-electron chi connectivity index (χ3n) is 5.31. The monoisotopic (exact) mass is 525 g/mol. The van der Waals surface area contributed by atoms with Gasteiger partial charge in [-0.1, -0.05) is 60.2 Å². The summed E-state index contributed by atoms with van der Waals surface area (Å²) < 4.78 is 41.3. The normalized spacial score (nSPS) is 13.3. The molecule has 196 valence electrons. The van der Waals surface area contributed by atoms with Crippen LogP contribution in [0.5, 0.6) is 5.75 Å². The minimum absolute atomic E-state index is 0.00441. The van der Waals surface area contributed by atoms with Gasteiger partial charge in [0.05, 0.1) is 6.42 Å². The maximum Gasteiger partial charge on any atom is 0.339 e. The topological polar surface area (TPSA) is 122 Å². The molecule has 3 aromatic rings. The second-order valence-corrected chi connectivity index (χ2v) is 11.2. The minimum atomic E-state index is -4.07. The minimum Gasteiger partial charge on any atom is -0.460 e. The molecule has 3 rings (SSSR count). The van der Waals surface area contributed by atoms with Crippen molar-refractivity contribution in [3.63, 3.8) is 0 Å². The van der Waals surface area contributed by atoms with Gasteiger partial charge < -0.3 is 19.4 Å². The number of benzene rings is 3. The van der Waals surface area contributed by atoms with Gasteiger partial charge in [0.1, 0.15) is 22.9 Å². The van der Waals surface area contributed by atoms with Crippen LogP contribution >= 0.6 is 0 Å². The highest BCUT2D eigenvalue weighted by atomic mass is 32.2. The molecule has 0 aliphatic heterocycles. The molecule has 2 N–H and O–H groups in total. The number of hydrogen-bond acceptors (Lipinski definition) is 8. The third kappa shape index (κ3) is 7.65. The highest BCUT2D eigenvalue weighted by molar-refractivity contribution is 7.87. The molecule has 0 aliphatic carbocycles. The molecule has 0 heterocycles. The van der Waals surface area contributed by atoms with Gasteiger partial charge >= 0.3 is 22.1 Å². The van der Waals surface area contributed by atoms with E-state index in [1.165, 1.54) is 36.4 Å². The maximum absolute atomic E-state index is 13.2. The summed E-state index contributed by atoms with van der Waals surface area (Å²) >= 11 is 0. The first-order chi connectivity index (χ1) is 17.3. The van der Waals surface area contributed by atoms with Gasteiger partial charge in [0.15, 0.2) is 5.54 Å². The second-order valence-electron chi connectivity index (χ2n) is 9.67. The molecule has 3 aromatic carbocycles. The van der Waals surface area contributed by atoms with E-state index in [2.05, 4.69) is 0 Å². The van der Waals surface area contributed by atoms with E-state index in [1.54, 1.807) is 45.0 Å². The predicted molar refractivity (Wildman–Crippen MR) is 138 cm³/mol.